The van der Waals surface area contributed by atoms with Crippen LogP contribution in [0.2, 0.25) is 0 Å². The molecule has 0 aliphatic rings. The fourth-order valence-corrected chi connectivity index (χ4v) is 4.25. The first-order valence-corrected chi connectivity index (χ1v) is 7.75. The van der Waals surface area contributed by atoms with Gasteiger partial charge in [-0.2, -0.15) is 0 Å². The highest BCUT2D eigenvalue weighted by Gasteiger charge is 2.32. The summed E-state index contributed by atoms with van der Waals surface area (Å²) >= 11 is 9.97. The van der Waals surface area contributed by atoms with E-state index in [0.717, 1.165) is 4.47 Å². The molecule has 102 valence electrons. The van der Waals surface area contributed by atoms with Crippen LogP contribution in [-0.2, 0) is 0 Å². The van der Waals surface area contributed by atoms with Crippen molar-refractivity contribution in [2.24, 2.45) is 11.1 Å². The summed E-state index contributed by atoms with van der Waals surface area (Å²) in [5, 5.41) is 20.1. The lowest BCUT2D eigenvalue weighted by Gasteiger charge is -2.32. The van der Waals surface area contributed by atoms with Crippen molar-refractivity contribution in [2.75, 3.05) is 0 Å². The van der Waals surface area contributed by atoms with Crippen LogP contribution in [0.1, 0.15) is 32.4 Å². The van der Waals surface area contributed by atoms with Gasteiger partial charge in [-0.3, -0.25) is 0 Å². The number of nitrogens with two attached hydrogens (primary N) is 1. The molecule has 18 heavy (non-hydrogen) atoms. The number of halogens is 3. The predicted octanol–water partition coefficient (Wildman–Crippen LogP) is 4.09. The number of benzene rings is 1. The van der Waals surface area contributed by atoms with Crippen LogP contribution < -0.4 is 5.73 Å². The highest BCUT2D eigenvalue weighted by molar-refractivity contribution is 9.11. The summed E-state index contributed by atoms with van der Waals surface area (Å²) in [6.45, 7) is 5.74. The van der Waals surface area contributed by atoms with Gasteiger partial charge in [-0.05, 0) is 43.3 Å². The average molecular weight is 446 g/mol. The van der Waals surface area contributed by atoms with Crippen LogP contribution in [0.3, 0.4) is 0 Å². The Hall–Kier alpha value is 0.380. The number of aromatic hydroxyl groups is 1. The highest BCUT2D eigenvalue weighted by Crippen LogP contribution is 2.43. The van der Waals surface area contributed by atoms with Gasteiger partial charge < -0.3 is 15.9 Å². The van der Waals surface area contributed by atoms with Gasteiger partial charge in [-0.25, -0.2) is 0 Å². The second-order valence-electron chi connectivity index (χ2n) is 5.25. The second-order valence-corrected chi connectivity index (χ2v) is 7.75. The number of rotatable bonds is 2. The number of hydrogen-bond donors (Lipinski definition) is 3. The molecule has 1 aromatic carbocycles. The molecule has 0 radical (unpaired) electrons. The van der Waals surface area contributed by atoms with Crippen LogP contribution in [-0.4, -0.2) is 16.3 Å². The summed E-state index contributed by atoms with van der Waals surface area (Å²) in [7, 11) is 0. The summed E-state index contributed by atoms with van der Waals surface area (Å²) in [4.78, 5) is 0. The summed E-state index contributed by atoms with van der Waals surface area (Å²) in [6.07, 6.45) is -0.731. The molecular weight excluding hydrogens is 430 g/mol. The molecule has 0 heterocycles. The van der Waals surface area contributed by atoms with Gasteiger partial charge in [0.05, 0.1) is 21.1 Å². The van der Waals surface area contributed by atoms with Gasteiger partial charge in [0.2, 0.25) is 0 Å². The topological polar surface area (TPSA) is 66.5 Å². The van der Waals surface area contributed by atoms with Crippen molar-refractivity contribution in [1.29, 1.82) is 0 Å². The first kappa shape index (κ1) is 16.4. The van der Waals surface area contributed by atoms with Crippen LogP contribution in [0.5, 0.6) is 5.75 Å². The Labute approximate surface area is 132 Å². The predicted molar refractivity (Wildman–Crippen MR) is 83.6 cm³/mol. The van der Waals surface area contributed by atoms with E-state index in [9.17, 15) is 10.2 Å². The molecule has 0 aliphatic heterocycles. The molecule has 0 saturated heterocycles. The van der Waals surface area contributed by atoms with Gasteiger partial charge in [0.1, 0.15) is 5.75 Å². The molecule has 6 heteroatoms. The Morgan fingerprint density at radius 2 is 1.67 bits per heavy atom. The second kappa shape index (κ2) is 5.79. The van der Waals surface area contributed by atoms with E-state index in [-0.39, 0.29) is 11.2 Å². The first-order chi connectivity index (χ1) is 8.07. The number of phenolic OH excluding ortho intramolecular Hbond substituents is 1. The molecule has 1 aromatic rings. The molecule has 1 rings (SSSR count). The maximum atomic E-state index is 10.3. The Bertz CT molecular complexity index is 458. The van der Waals surface area contributed by atoms with E-state index in [4.69, 9.17) is 5.73 Å². The van der Waals surface area contributed by atoms with Crippen LogP contribution in [0.25, 0.3) is 0 Å². The van der Waals surface area contributed by atoms with Gasteiger partial charge >= 0.3 is 0 Å². The SMILES string of the molecule is CC(C)(C)[C@H](O)[C@H](N)c1c(Br)cc(Br)c(O)c1Br. The molecule has 0 aromatic heterocycles. The van der Waals surface area contributed by atoms with Crippen molar-refractivity contribution < 1.29 is 10.2 Å². The number of aliphatic hydroxyl groups is 1. The molecule has 0 fully saturated rings. The van der Waals surface area contributed by atoms with Crippen molar-refractivity contribution in [3.8, 4) is 5.75 Å². The van der Waals surface area contributed by atoms with Crippen molar-refractivity contribution in [1.82, 2.24) is 0 Å². The average Bonchev–Trinajstić information content (AvgIpc) is 2.23. The maximum absolute atomic E-state index is 10.3. The van der Waals surface area contributed by atoms with Gasteiger partial charge in [-0.1, -0.05) is 36.7 Å². The summed E-state index contributed by atoms with van der Waals surface area (Å²) < 4.78 is 1.77. The molecular formula is C12H16Br3NO2. The van der Waals surface area contributed by atoms with Crippen molar-refractivity contribution >= 4 is 47.8 Å². The molecule has 0 saturated carbocycles. The van der Waals surface area contributed by atoms with Crippen LogP contribution in [0.4, 0.5) is 0 Å². The van der Waals surface area contributed by atoms with E-state index in [1.54, 1.807) is 6.07 Å². The van der Waals surface area contributed by atoms with Crippen molar-refractivity contribution in [3.63, 3.8) is 0 Å². The minimum atomic E-state index is -0.731. The molecule has 4 N–H and O–H groups in total. The highest BCUT2D eigenvalue weighted by atomic mass is 79.9. The third-order valence-corrected chi connectivity index (χ3v) is 4.81. The van der Waals surface area contributed by atoms with Crippen molar-refractivity contribution in [3.05, 3.63) is 25.0 Å². The van der Waals surface area contributed by atoms with E-state index in [0.29, 0.717) is 14.5 Å². The Balaban J connectivity index is 3.30. The zero-order valence-corrected chi connectivity index (χ0v) is 15.1. The molecule has 3 nitrogen and oxygen atoms in total. The first-order valence-electron chi connectivity index (χ1n) is 5.37. The quantitative estimate of drug-likeness (QED) is 0.642. The Morgan fingerprint density at radius 1 is 1.17 bits per heavy atom. The number of hydrogen-bond acceptors (Lipinski definition) is 3. The minimum Gasteiger partial charge on any atom is -0.506 e. The monoisotopic (exact) mass is 443 g/mol. The van der Waals surface area contributed by atoms with Gasteiger partial charge in [0.15, 0.2) is 0 Å². The molecule has 0 unspecified atom stereocenters. The number of phenols is 1. The molecule has 0 spiro atoms. The summed E-state index contributed by atoms with van der Waals surface area (Å²) in [5.74, 6) is 0.0739. The maximum Gasteiger partial charge on any atom is 0.144 e. The van der Waals surface area contributed by atoms with Gasteiger partial charge in [-0.15, -0.1) is 0 Å². The summed E-state index contributed by atoms with van der Waals surface area (Å²) in [6, 6.07) is 1.11. The lowest BCUT2D eigenvalue weighted by molar-refractivity contribution is 0.0397. The van der Waals surface area contributed by atoms with E-state index >= 15 is 0 Å². The number of aliphatic hydroxyl groups excluding tert-OH is 1. The van der Waals surface area contributed by atoms with Crippen LogP contribution in [0.15, 0.2) is 19.5 Å². The minimum absolute atomic E-state index is 0.0739. The van der Waals surface area contributed by atoms with Crippen LogP contribution >= 0.6 is 47.8 Å². The Kier molecular flexibility index (Phi) is 5.29. The van der Waals surface area contributed by atoms with E-state index in [1.165, 1.54) is 0 Å². The molecule has 0 bridgehead atoms. The standard InChI is InChI=1S/C12H16Br3NO2/c1-12(2,3)11(18)9(16)7-5(13)4-6(14)10(17)8(7)15/h4,9,11,17-18H,16H2,1-3H3/t9-,11-/m1/s1. The van der Waals surface area contributed by atoms with Crippen molar-refractivity contribution in [2.45, 2.75) is 32.9 Å². The zero-order valence-electron chi connectivity index (χ0n) is 10.3. The lowest BCUT2D eigenvalue weighted by Crippen LogP contribution is -2.37. The van der Waals surface area contributed by atoms with E-state index < -0.39 is 12.1 Å². The van der Waals surface area contributed by atoms with Gasteiger partial charge in [0, 0.05) is 10.0 Å². The Morgan fingerprint density at radius 3 is 2.11 bits per heavy atom. The largest absolute Gasteiger partial charge is 0.506 e. The third-order valence-electron chi connectivity index (χ3n) is 2.74. The fourth-order valence-electron chi connectivity index (χ4n) is 1.60. The summed E-state index contributed by atoms with van der Waals surface area (Å²) in [5.41, 5.74) is 6.41. The molecule has 2 atom stereocenters. The third kappa shape index (κ3) is 3.28. The lowest BCUT2D eigenvalue weighted by atomic mass is 9.82. The van der Waals surface area contributed by atoms with E-state index in [2.05, 4.69) is 47.8 Å². The van der Waals surface area contributed by atoms with Crippen LogP contribution in [0, 0.1) is 5.41 Å². The normalized spacial score (nSPS) is 15.6. The van der Waals surface area contributed by atoms with Gasteiger partial charge in [0.25, 0.3) is 0 Å². The smallest absolute Gasteiger partial charge is 0.144 e. The zero-order chi connectivity index (χ0) is 14.2. The fraction of sp³-hybridized carbons (Fsp3) is 0.500. The molecule has 0 amide bonds. The van der Waals surface area contributed by atoms with E-state index in [1.807, 2.05) is 20.8 Å². The molecule has 0 aliphatic carbocycles.